The van der Waals surface area contributed by atoms with Gasteiger partial charge in [-0.3, -0.25) is 9.59 Å². The van der Waals surface area contributed by atoms with Gasteiger partial charge in [0.05, 0.1) is 12.2 Å². The molecular weight excluding hydrogens is 287 g/mol. The van der Waals surface area contributed by atoms with Gasteiger partial charge in [-0.15, -0.1) is 0 Å². The number of ketones is 1. The molecule has 20 heavy (non-hydrogen) atoms. The van der Waals surface area contributed by atoms with Gasteiger partial charge in [0, 0.05) is 0 Å². The van der Waals surface area contributed by atoms with Crippen LogP contribution in [0, 0.1) is 11.6 Å². The lowest BCUT2D eigenvalue weighted by Gasteiger charge is -2.11. The van der Waals surface area contributed by atoms with Crippen molar-refractivity contribution < 1.29 is 36.3 Å². The minimum absolute atomic E-state index is 0.0359. The molecule has 1 aromatic rings. The van der Waals surface area contributed by atoms with Crippen molar-refractivity contribution in [2.45, 2.75) is 19.5 Å². The van der Waals surface area contributed by atoms with Crippen molar-refractivity contribution in [2.75, 3.05) is 6.61 Å². The lowest BCUT2D eigenvalue weighted by atomic mass is 10.0. The fourth-order valence-electron chi connectivity index (χ4n) is 1.47. The SMILES string of the molecule is CCOC(=O)CC(=O)c1ccc(F)c(C(F)(F)F)c1F. The second kappa shape index (κ2) is 5.98. The summed E-state index contributed by atoms with van der Waals surface area (Å²) in [5.74, 6) is -6.09. The maximum atomic E-state index is 13.6. The molecular formula is C12H9F5O3. The van der Waals surface area contributed by atoms with Gasteiger partial charge in [-0.1, -0.05) is 0 Å². The smallest absolute Gasteiger partial charge is 0.422 e. The third kappa shape index (κ3) is 3.52. The number of carbonyl (C=O) groups is 2. The molecule has 0 unspecified atom stereocenters. The minimum atomic E-state index is -5.28. The van der Waals surface area contributed by atoms with Gasteiger partial charge in [0.2, 0.25) is 0 Å². The summed E-state index contributed by atoms with van der Waals surface area (Å²) in [5, 5.41) is 0. The van der Waals surface area contributed by atoms with Crippen LogP contribution in [0.5, 0.6) is 0 Å². The third-order valence-corrected chi connectivity index (χ3v) is 2.29. The molecule has 0 fully saturated rings. The molecule has 0 atom stereocenters. The normalized spacial score (nSPS) is 11.3. The van der Waals surface area contributed by atoms with Crippen LogP contribution in [0.4, 0.5) is 22.0 Å². The molecule has 0 N–H and O–H groups in total. The summed E-state index contributed by atoms with van der Waals surface area (Å²) in [6, 6.07) is 0.881. The largest absolute Gasteiger partial charge is 0.466 e. The van der Waals surface area contributed by atoms with Crippen molar-refractivity contribution in [3.8, 4) is 0 Å². The van der Waals surface area contributed by atoms with Crippen molar-refractivity contribution in [1.29, 1.82) is 0 Å². The van der Waals surface area contributed by atoms with Crippen molar-refractivity contribution in [1.82, 2.24) is 0 Å². The van der Waals surface area contributed by atoms with Crippen LogP contribution in [-0.2, 0) is 15.7 Å². The van der Waals surface area contributed by atoms with Gasteiger partial charge in [-0.2, -0.15) is 13.2 Å². The van der Waals surface area contributed by atoms with Crippen molar-refractivity contribution >= 4 is 11.8 Å². The van der Waals surface area contributed by atoms with Crippen LogP contribution in [0.3, 0.4) is 0 Å². The van der Waals surface area contributed by atoms with E-state index in [-0.39, 0.29) is 6.61 Å². The van der Waals surface area contributed by atoms with Crippen molar-refractivity contribution in [3.05, 3.63) is 34.9 Å². The highest BCUT2D eigenvalue weighted by Crippen LogP contribution is 2.34. The first kappa shape index (κ1) is 16.1. The van der Waals surface area contributed by atoms with Gasteiger partial charge < -0.3 is 4.74 Å². The predicted molar refractivity (Wildman–Crippen MR) is 56.9 cm³/mol. The maximum absolute atomic E-state index is 13.6. The molecule has 3 nitrogen and oxygen atoms in total. The van der Waals surface area contributed by atoms with Crippen LogP contribution in [0.1, 0.15) is 29.3 Å². The molecule has 0 bridgehead atoms. The Balaban J connectivity index is 3.15. The Bertz CT molecular complexity index is 537. The quantitative estimate of drug-likeness (QED) is 0.371. The Kier molecular flexibility index (Phi) is 4.80. The Morgan fingerprint density at radius 2 is 1.80 bits per heavy atom. The Morgan fingerprint density at radius 1 is 1.20 bits per heavy atom. The molecule has 0 saturated carbocycles. The molecule has 0 spiro atoms. The lowest BCUT2D eigenvalue weighted by molar-refractivity contribution is -0.142. The molecule has 0 aliphatic carbocycles. The van der Waals surface area contributed by atoms with E-state index in [1.807, 2.05) is 0 Å². The summed E-state index contributed by atoms with van der Waals surface area (Å²) in [7, 11) is 0. The first-order valence-corrected chi connectivity index (χ1v) is 5.42. The summed E-state index contributed by atoms with van der Waals surface area (Å²) in [6.45, 7) is 1.43. The fourth-order valence-corrected chi connectivity index (χ4v) is 1.47. The van der Waals surface area contributed by atoms with E-state index in [0.717, 1.165) is 0 Å². The Labute approximate surface area is 110 Å². The van der Waals surface area contributed by atoms with Crippen molar-refractivity contribution in [2.24, 2.45) is 0 Å². The van der Waals surface area contributed by atoms with E-state index in [4.69, 9.17) is 0 Å². The maximum Gasteiger partial charge on any atom is 0.422 e. The highest BCUT2D eigenvalue weighted by atomic mass is 19.4. The number of hydrogen-bond acceptors (Lipinski definition) is 3. The highest BCUT2D eigenvalue weighted by Gasteiger charge is 2.39. The number of benzene rings is 1. The first-order valence-electron chi connectivity index (χ1n) is 5.42. The standard InChI is InChI=1S/C12H9F5O3/c1-2-20-9(19)5-8(18)6-3-4-7(13)10(11(6)14)12(15,16)17/h3-4H,2,5H2,1H3. The summed E-state index contributed by atoms with van der Waals surface area (Å²) >= 11 is 0. The number of Topliss-reactive ketones (excluding diaryl/α,β-unsaturated/α-hetero) is 1. The van der Waals surface area contributed by atoms with E-state index in [1.165, 1.54) is 6.92 Å². The second-order valence-corrected chi connectivity index (χ2v) is 3.69. The molecule has 1 rings (SSSR count). The van der Waals surface area contributed by atoms with Gasteiger partial charge in [-0.25, -0.2) is 8.78 Å². The second-order valence-electron chi connectivity index (χ2n) is 3.69. The minimum Gasteiger partial charge on any atom is -0.466 e. The molecule has 0 amide bonds. The topological polar surface area (TPSA) is 43.4 Å². The van der Waals surface area contributed by atoms with Crippen molar-refractivity contribution in [3.63, 3.8) is 0 Å². The molecule has 1 aromatic carbocycles. The summed E-state index contributed by atoms with van der Waals surface area (Å²) < 4.78 is 68.4. The fraction of sp³-hybridized carbons (Fsp3) is 0.333. The van der Waals surface area contributed by atoms with E-state index < -0.39 is 47.1 Å². The highest BCUT2D eigenvalue weighted by molar-refractivity contribution is 6.06. The molecule has 0 aliphatic rings. The van der Waals surface area contributed by atoms with E-state index in [0.29, 0.717) is 12.1 Å². The predicted octanol–water partition coefficient (Wildman–Crippen LogP) is 3.12. The summed E-state index contributed by atoms with van der Waals surface area (Å²) in [4.78, 5) is 22.5. The number of ether oxygens (including phenoxy) is 1. The van der Waals surface area contributed by atoms with Gasteiger partial charge in [0.15, 0.2) is 5.78 Å². The average molecular weight is 296 g/mol. The molecule has 0 aromatic heterocycles. The zero-order valence-corrected chi connectivity index (χ0v) is 10.2. The Morgan fingerprint density at radius 3 is 2.30 bits per heavy atom. The number of halogens is 5. The molecule has 8 heteroatoms. The number of carbonyl (C=O) groups excluding carboxylic acids is 2. The van der Waals surface area contributed by atoms with E-state index in [1.54, 1.807) is 0 Å². The zero-order valence-electron chi connectivity index (χ0n) is 10.2. The van der Waals surface area contributed by atoms with Gasteiger partial charge >= 0.3 is 12.1 Å². The number of hydrogen-bond donors (Lipinski definition) is 0. The van der Waals surface area contributed by atoms with Gasteiger partial charge in [0.25, 0.3) is 0 Å². The third-order valence-electron chi connectivity index (χ3n) is 2.29. The molecule has 0 heterocycles. The van der Waals surface area contributed by atoms with Crippen LogP contribution >= 0.6 is 0 Å². The van der Waals surface area contributed by atoms with Crippen LogP contribution in [0.15, 0.2) is 12.1 Å². The van der Waals surface area contributed by atoms with E-state index >= 15 is 0 Å². The molecule has 0 saturated heterocycles. The Hall–Kier alpha value is -1.99. The summed E-state index contributed by atoms with van der Waals surface area (Å²) in [6.07, 6.45) is -6.21. The summed E-state index contributed by atoms with van der Waals surface area (Å²) in [5.41, 5.74) is -3.17. The molecule has 110 valence electrons. The number of alkyl halides is 3. The van der Waals surface area contributed by atoms with Crippen LogP contribution < -0.4 is 0 Å². The zero-order chi connectivity index (χ0) is 15.5. The van der Waals surface area contributed by atoms with Gasteiger partial charge in [-0.05, 0) is 19.1 Å². The van der Waals surface area contributed by atoms with E-state index in [9.17, 15) is 31.5 Å². The molecule has 0 aliphatic heterocycles. The lowest BCUT2D eigenvalue weighted by Crippen LogP contribution is -2.17. The number of rotatable bonds is 4. The van der Waals surface area contributed by atoms with E-state index in [2.05, 4.69) is 4.74 Å². The number of esters is 1. The average Bonchev–Trinajstić information content (AvgIpc) is 2.26. The van der Waals surface area contributed by atoms with Crippen LogP contribution in [0.2, 0.25) is 0 Å². The monoisotopic (exact) mass is 296 g/mol. The first-order chi connectivity index (χ1) is 9.18. The van der Waals surface area contributed by atoms with Gasteiger partial charge in [0.1, 0.15) is 23.6 Å². The van der Waals surface area contributed by atoms with Crippen LogP contribution in [-0.4, -0.2) is 18.4 Å². The molecule has 0 radical (unpaired) electrons. The van der Waals surface area contributed by atoms with Crippen LogP contribution in [0.25, 0.3) is 0 Å².